The Bertz CT molecular complexity index is 755. The monoisotopic (exact) mass is 315 g/mol. The first kappa shape index (κ1) is 15.6. The van der Waals surface area contributed by atoms with E-state index < -0.39 is 0 Å². The van der Waals surface area contributed by atoms with E-state index in [1.807, 2.05) is 44.3 Å². The predicted octanol–water partition coefficient (Wildman–Crippen LogP) is 1.85. The molecule has 1 amide bonds. The summed E-state index contributed by atoms with van der Waals surface area (Å²) in [6, 6.07) is 9.39. The zero-order valence-electron chi connectivity index (χ0n) is 13.4. The molecule has 1 aliphatic rings. The Morgan fingerprint density at radius 1 is 1.22 bits per heavy atom. The van der Waals surface area contributed by atoms with E-state index in [1.54, 1.807) is 9.36 Å². The number of nitrogens with zero attached hydrogens (tertiary/aromatic N) is 2. The van der Waals surface area contributed by atoms with Crippen molar-refractivity contribution in [1.29, 1.82) is 0 Å². The molecular formula is C17H21N3O3. The minimum Gasteiger partial charge on any atom is -0.381 e. The van der Waals surface area contributed by atoms with Crippen LogP contribution in [-0.4, -0.2) is 28.5 Å². The fourth-order valence-electron chi connectivity index (χ4n) is 2.90. The number of carbonyl (C=O) groups excluding carboxylic acids is 1. The van der Waals surface area contributed by atoms with Crippen LogP contribution in [0.25, 0.3) is 5.69 Å². The van der Waals surface area contributed by atoms with Crippen LogP contribution < -0.4 is 10.9 Å². The Morgan fingerprint density at radius 3 is 2.52 bits per heavy atom. The van der Waals surface area contributed by atoms with E-state index >= 15 is 0 Å². The van der Waals surface area contributed by atoms with E-state index in [1.165, 1.54) is 0 Å². The van der Waals surface area contributed by atoms with E-state index in [4.69, 9.17) is 4.74 Å². The quantitative estimate of drug-likeness (QED) is 0.940. The third kappa shape index (κ3) is 2.94. The van der Waals surface area contributed by atoms with Crippen molar-refractivity contribution in [2.45, 2.75) is 19.8 Å². The molecule has 0 saturated carbocycles. The van der Waals surface area contributed by atoms with Crippen molar-refractivity contribution in [2.24, 2.45) is 13.0 Å². The van der Waals surface area contributed by atoms with Gasteiger partial charge in [-0.15, -0.1) is 0 Å². The smallest absolute Gasteiger partial charge is 0.295 e. The number of ether oxygens (including phenoxy) is 1. The van der Waals surface area contributed by atoms with Crippen LogP contribution in [0.5, 0.6) is 0 Å². The first-order chi connectivity index (χ1) is 11.1. The second kappa shape index (κ2) is 6.42. The van der Waals surface area contributed by atoms with E-state index in [0.717, 1.165) is 11.4 Å². The summed E-state index contributed by atoms with van der Waals surface area (Å²) in [5.41, 5.74) is 1.65. The molecule has 0 radical (unpaired) electrons. The SMILES string of the molecule is Cc1c(NC(=O)C2CCOCC2)c(=O)n(-c2ccccc2)n1C. The third-order valence-electron chi connectivity index (χ3n) is 4.39. The highest BCUT2D eigenvalue weighted by atomic mass is 16.5. The van der Waals surface area contributed by atoms with Crippen LogP contribution >= 0.6 is 0 Å². The van der Waals surface area contributed by atoms with Gasteiger partial charge in [-0.1, -0.05) is 18.2 Å². The summed E-state index contributed by atoms with van der Waals surface area (Å²) in [5, 5.41) is 2.83. The molecule has 0 atom stereocenters. The molecule has 122 valence electrons. The lowest BCUT2D eigenvalue weighted by Crippen LogP contribution is -2.30. The molecule has 1 saturated heterocycles. The summed E-state index contributed by atoms with van der Waals surface area (Å²) >= 11 is 0. The molecule has 1 N–H and O–H groups in total. The molecular weight excluding hydrogens is 294 g/mol. The van der Waals surface area contributed by atoms with Gasteiger partial charge in [0.25, 0.3) is 5.56 Å². The standard InChI is InChI=1S/C17H21N3O3/c1-12-15(18-16(21)13-8-10-23-11-9-13)17(22)20(19(12)2)14-6-4-3-5-7-14/h3-7,13H,8-11H2,1-2H3,(H,18,21). The number of hydrogen-bond donors (Lipinski definition) is 1. The van der Waals surface area contributed by atoms with Gasteiger partial charge in [0, 0.05) is 26.2 Å². The molecule has 0 aliphatic carbocycles. The molecule has 0 bridgehead atoms. The average molecular weight is 315 g/mol. The summed E-state index contributed by atoms with van der Waals surface area (Å²) in [7, 11) is 1.81. The predicted molar refractivity (Wildman–Crippen MR) is 87.9 cm³/mol. The van der Waals surface area contributed by atoms with Crippen LogP contribution in [0.15, 0.2) is 35.1 Å². The number of benzene rings is 1. The second-order valence-corrected chi connectivity index (χ2v) is 5.81. The van der Waals surface area contributed by atoms with Crippen molar-refractivity contribution >= 4 is 11.6 Å². The fourth-order valence-corrected chi connectivity index (χ4v) is 2.90. The van der Waals surface area contributed by atoms with E-state index in [-0.39, 0.29) is 17.4 Å². The highest BCUT2D eigenvalue weighted by Gasteiger charge is 2.24. The molecule has 23 heavy (non-hydrogen) atoms. The van der Waals surface area contributed by atoms with Crippen molar-refractivity contribution < 1.29 is 9.53 Å². The number of amides is 1. The van der Waals surface area contributed by atoms with Crippen LogP contribution in [0.2, 0.25) is 0 Å². The second-order valence-electron chi connectivity index (χ2n) is 5.81. The Balaban J connectivity index is 1.92. The van der Waals surface area contributed by atoms with E-state index in [0.29, 0.717) is 31.7 Å². The zero-order chi connectivity index (χ0) is 16.4. The average Bonchev–Trinajstić information content (AvgIpc) is 2.80. The molecule has 0 spiro atoms. The van der Waals surface area contributed by atoms with Gasteiger partial charge in [-0.3, -0.25) is 14.3 Å². The molecule has 1 aromatic carbocycles. The lowest BCUT2D eigenvalue weighted by molar-refractivity contribution is -0.122. The highest BCUT2D eigenvalue weighted by molar-refractivity contribution is 5.93. The van der Waals surface area contributed by atoms with Crippen LogP contribution in [0.3, 0.4) is 0 Å². The molecule has 1 fully saturated rings. The molecule has 2 aromatic rings. The Kier molecular flexibility index (Phi) is 4.34. The minimum atomic E-state index is -0.211. The number of rotatable bonds is 3. The number of carbonyl (C=O) groups is 1. The van der Waals surface area contributed by atoms with Crippen LogP contribution in [0.4, 0.5) is 5.69 Å². The largest absolute Gasteiger partial charge is 0.381 e. The summed E-state index contributed by atoms with van der Waals surface area (Å²) in [6.07, 6.45) is 1.40. The Hall–Kier alpha value is -2.34. The van der Waals surface area contributed by atoms with E-state index in [2.05, 4.69) is 5.32 Å². The highest BCUT2D eigenvalue weighted by Crippen LogP contribution is 2.19. The topological polar surface area (TPSA) is 65.3 Å². The number of nitrogens with one attached hydrogen (secondary N) is 1. The van der Waals surface area contributed by atoms with Crippen LogP contribution in [0.1, 0.15) is 18.5 Å². The summed E-state index contributed by atoms with van der Waals surface area (Å²) in [6.45, 7) is 3.03. The maximum atomic E-state index is 12.7. The lowest BCUT2D eigenvalue weighted by atomic mass is 9.99. The molecule has 1 aromatic heterocycles. The molecule has 6 nitrogen and oxygen atoms in total. The number of anilines is 1. The normalized spacial score (nSPS) is 15.6. The number of hydrogen-bond acceptors (Lipinski definition) is 3. The van der Waals surface area contributed by atoms with Gasteiger partial charge in [-0.05, 0) is 31.9 Å². The van der Waals surface area contributed by atoms with Crippen molar-refractivity contribution in [1.82, 2.24) is 9.36 Å². The maximum Gasteiger partial charge on any atom is 0.295 e. The van der Waals surface area contributed by atoms with Crippen LogP contribution in [0, 0.1) is 12.8 Å². The van der Waals surface area contributed by atoms with Gasteiger partial charge >= 0.3 is 0 Å². The summed E-state index contributed by atoms with van der Waals surface area (Å²) in [5.74, 6) is -0.188. The van der Waals surface area contributed by atoms with Gasteiger partial charge in [-0.2, -0.15) is 0 Å². The molecule has 2 heterocycles. The van der Waals surface area contributed by atoms with Gasteiger partial charge in [0.2, 0.25) is 5.91 Å². The van der Waals surface area contributed by atoms with Crippen LogP contribution in [-0.2, 0) is 16.6 Å². The number of para-hydroxylation sites is 1. The molecule has 6 heteroatoms. The van der Waals surface area contributed by atoms with Crippen molar-refractivity contribution in [3.8, 4) is 5.69 Å². The maximum absolute atomic E-state index is 12.7. The Morgan fingerprint density at radius 2 is 1.87 bits per heavy atom. The Labute approximate surface area is 134 Å². The van der Waals surface area contributed by atoms with Gasteiger partial charge in [-0.25, -0.2) is 4.68 Å². The molecule has 0 unspecified atom stereocenters. The lowest BCUT2D eigenvalue weighted by Gasteiger charge is -2.20. The van der Waals surface area contributed by atoms with Crippen molar-refractivity contribution in [3.63, 3.8) is 0 Å². The first-order valence-electron chi connectivity index (χ1n) is 7.82. The minimum absolute atomic E-state index is 0.0899. The van der Waals surface area contributed by atoms with Crippen molar-refractivity contribution in [2.75, 3.05) is 18.5 Å². The zero-order valence-corrected chi connectivity index (χ0v) is 13.4. The molecule has 3 rings (SSSR count). The van der Waals surface area contributed by atoms with Crippen molar-refractivity contribution in [3.05, 3.63) is 46.4 Å². The van der Waals surface area contributed by atoms with Gasteiger partial charge in [0.05, 0.1) is 11.4 Å². The molecule has 1 aliphatic heterocycles. The number of aromatic nitrogens is 2. The van der Waals surface area contributed by atoms with Gasteiger partial charge in [0.15, 0.2) is 0 Å². The van der Waals surface area contributed by atoms with Gasteiger partial charge in [0.1, 0.15) is 5.69 Å². The fraction of sp³-hybridized carbons (Fsp3) is 0.412. The summed E-state index contributed by atoms with van der Waals surface area (Å²) in [4.78, 5) is 25.1. The van der Waals surface area contributed by atoms with Gasteiger partial charge < -0.3 is 10.1 Å². The summed E-state index contributed by atoms with van der Waals surface area (Å²) < 4.78 is 8.60. The third-order valence-corrected chi connectivity index (χ3v) is 4.39. The van der Waals surface area contributed by atoms with E-state index in [9.17, 15) is 9.59 Å². The first-order valence-corrected chi connectivity index (χ1v) is 7.82.